The maximum absolute atomic E-state index is 12.5. The van der Waals surface area contributed by atoms with Gasteiger partial charge in [-0.25, -0.2) is 4.98 Å². The van der Waals surface area contributed by atoms with Gasteiger partial charge in [0.2, 0.25) is 5.13 Å². The van der Waals surface area contributed by atoms with Crippen LogP contribution in [0.4, 0.5) is 10.8 Å². The highest BCUT2D eigenvalue weighted by atomic mass is 32.2. The minimum absolute atomic E-state index is 0.0319. The first kappa shape index (κ1) is 18.6. The topological polar surface area (TPSA) is 72.7 Å². The van der Waals surface area contributed by atoms with Gasteiger partial charge in [-0.3, -0.25) is 9.36 Å². The molecule has 0 aliphatic rings. The Balaban J connectivity index is 1.49. The summed E-state index contributed by atoms with van der Waals surface area (Å²) in [7, 11) is 1.75. The standard InChI is InChI=1S/C20H19N5OS2/c1-12-8-9-14(10-13(12)2)21-19-23-24-20(28-19)27-11-17-22-16-7-5-4-6-15(16)18(26)25(17)3/h4-10H,11H2,1-3H3,(H,21,23). The number of hydrogen-bond donors (Lipinski definition) is 1. The van der Waals surface area contributed by atoms with Crippen molar-refractivity contribution in [3.63, 3.8) is 0 Å². The van der Waals surface area contributed by atoms with Crippen LogP contribution in [0.3, 0.4) is 0 Å². The molecule has 6 nitrogen and oxygen atoms in total. The Morgan fingerprint density at radius 3 is 2.75 bits per heavy atom. The van der Waals surface area contributed by atoms with Gasteiger partial charge < -0.3 is 5.32 Å². The Bertz CT molecular complexity index is 1210. The van der Waals surface area contributed by atoms with Crippen LogP contribution in [0.1, 0.15) is 17.0 Å². The van der Waals surface area contributed by atoms with Gasteiger partial charge in [0.1, 0.15) is 5.82 Å². The second-order valence-corrected chi connectivity index (χ2v) is 8.70. The summed E-state index contributed by atoms with van der Waals surface area (Å²) < 4.78 is 2.43. The number of hydrogen-bond acceptors (Lipinski definition) is 7. The third-order valence-corrected chi connectivity index (χ3v) is 6.53. The average molecular weight is 410 g/mol. The molecule has 0 spiro atoms. The van der Waals surface area contributed by atoms with E-state index < -0.39 is 0 Å². The predicted molar refractivity (Wildman–Crippen MR) is 116 cm³/mol. The monoisotopic (exact) mass is 409 g/mol. The van der Waals surface area contributed by atoms with Crippen molar-refractivity contribution in [2.45, 2.75) is 23.9 Å². The van der Waals surface area contributed by atoms with E-state index in [-0.39, 0.29) is 5.56 Å². The van der Waals surface area contributed by atoms with E-state index in [9.17, 15) is 4.79 Å². The molecule has 0 radical (unpaired) electrons. The largest absolute Gasteiger partial charge is 0.330 e. The molecule has 4 rings (SSSR count). The normalized spacial score (nSPS) is 11.1. The number of thioether (sulfide) groups is 1. The van der Waals surface area contributed by atoms with Crippen LogP contribution in [-0.4, -0.2) is 19.7 Å². The highest BCUT2D eigenvalue weighted by molar-refractivity contribution is 8.00. The zero-order chi connectivity index (χ0) is 19.7. The van der Waals surface area contributed by atoms with E-state index >= 15 is 0 Å². The van der Waals surface area contributed by atoms with E-state index in [4.69, 9.17) is 0 Å². The number of rotatable bonds is 5. The zero-order valence-corrected chi connectivity index (χ0v) is 17.4. The molecule has 2 aromatic heterocycles. The summed E-state index contributed by atoms with van der Waals surface area (Å²) in [5, 5.41) is 13.1. The minimum Gasteiger partial charge on any atom is -0.330 e. The molecule has 28 heavy (non-hydrogen) atoms. The van der Waals surface area contributed by atoms with E-state index in [0.29, 0.717) is 17.0 Å². The van der Waals surface area contributed by atoms with Crippen molar-refractivity contribution in [3.05, 3.63) is 69.8 Å². The van der Waals surface area contributed by atoms with Crippen LogP contribution in [-0.2, 0) is 12.8 Å². The van der Waals surface area contributed by atoms with E-state index in [1.165, 1.54) is 34.2 Å². The van der Waals surface area contributed by atoms with Crippen LogP contribution in [0.15, 0.2) is 51.6 Å². The van der Waals surface area contributed by atoms with Crippen LogP contribution in [0.5, 0.6) is 0 Å². The molecule has 0 saturated carbocycles. The van der Waals surface area contributed by atoms with Crippen molar-refractivity contribution in [1.82, 2.24) is 19.7 Å². The van der Waals surface area contributed by atoms with Gasteiger partial charge in [0.25, 0.3) is 5.56 Å². The first-order chi connectivity index (χ1) is 13.5. The molecule has 0 aliphatic carbocycles. The second-order valence-electron chi connectivity index (χ2n) is 6.50. The number of fused-ring (bicyclic) bond motifs is 1. The molecule has 1 N–H and O–H groups in total. The third kappa shape index (κ3) is 3.79. The molecular weight excluding hydrogens is 390 g/mol. The molecule has 0 unspecified atom stereocenters. The number of nitrogens with one attached hydrogen (secondary N) is 1. The minimum atomic E-state index is -0.0319. The van der Waals surface area contributed by atoms with Crippen molar-refractivity contribution >= 4 is 44.8 Å². The summed E-state index contributed by atoms with van der Waals surface area (Å²) in [6.07, 6.45) is 0. The predicted octanol–water partition coefficient (Wildman–Crippen LogP) is 4.44. The SMILES string of the molecule is Cc1ccc(Nc2nnc(SCc3nc4ccccc4c(=O)n3C)s2)cc1C. The molecule has 0 atom stereocenters. The van der Waals surface area contributed by atoms with Crippen molar-refractivity contribution in [2.75, 3.05) is 5.32 Å². The summed E-state index contributed by atoms with van der Waals surface area (Å²) >= 11 is 3.01. The van der Waals surface area contributed by atoms with Crippen LogP contribution in [0, 0.1) is 13.8 Å². The first-order valence-corrected chi connectivity index (χ1v) is 10.6. The number of nitrogens with zero attached hydrogens (tertiary/aromatic N) is 4. The van der Waals surface area contributed by atoms with Crippen LogP contribution in [0.25, 0.3) is 10.9 Å². The summed E-state index contributed by atoms with van der Waals surface area (Å²) in [6.45, 7) is 4.18. The van der Waals surface area contributed by atoms with Crippen molar-refractivity contribution in [2.24, 2.45) is 7.05 Å². The number of aromatic nitrogens is 4. The fourth-order valence-corrected chi connectivity index (χ4v) is 4.54. The molecule has 2 heterocycles. The molecular formula is C20H19N5OS2. The Morgan fingerprint density at radius 1 is 1.11 bits per heavy atom. The third-order valence-electron chi connectivity index (χ3n) is 4.57. The highest BCUT2D eigenvalue weighted by Gasteiger charge is 2.11. The van der Waals surface area contributed by atoms with Gasteiger partial charge >= 0.3 is 0 Å². The highest BCUT2D eigenvalue weighted by Crippen LogP contribution is 2.30. The lowest BCUT2D eigenvalue weighted by atomic mass is 10.1. The van der Waals surface area contributed by atoms with Gasteiger partial charge in [-0.1, -0.05) is 41.3 Å². The van der Waals surface area contributed by atoms with Gasteiger partial charge in [-0.05, 0) is 49.2 Å². The summed E-state index contributed by atoms with van der Waals surface area (Å²) in [5.74, 6) is 1.27. The van der Waals surface area contributed by atoms with Crippen molar-refractivity contribution < 1.29 is 0 Å². The van der Waals surface area contributed by atoms with Gasteiger partial charge in [0, 0.05) is 12.7 Å². The Hall–Kier alpha value is -2.71. The van der Waals surface area contributed by atoms with Crippen molar-refractivity contribution in [3.8, 4) is 0 Å². The van der Waals surface area contributed by atoms with Crippen LogP contribution in [0.2, 0.25) is 0 Å². The van der Waals surface area contributed by atoms with Gasteiger partial charge in [-0.2, -0.15) is 0 Å². The van der Waals surface area contributed by atoms with E-state index in [1.807, 2.05) is 24.3 Å². The molecule has 0 fully saturated rings. The Morgan fingerprint density at radius 2 is 1.93 bits per heavy atom. The summed E-state index contributed by atoms with van der Waals surface area (Å²) in [4.78, 5) is 17.1. The van der Waals surface area contributed by atoms with Crippen LogP contribution >= 0.6 is 23.1 Å². The molecule has 0 aliphatic heterocycles. The lowest BCUT2D eigenvalue weighted by Gasteiger charge is -2.07. The Labute approximate surface area is 170 Å². The molecule has 0 bridgehead atoms. The van der Waals surface area contributed by atoms with Gasteiger partial charge in [-0.15, -0.1) is 10.2 Å². The second kappa shape index (κ2) is 7.73. The maximum atomic E-state index is 12.5. The van der Waals surface area contributed by atoms with Gasteiger partial charge in [0.15, 0.2) is 4.34 Å². The summed E-state index contributed by atoms with van der Waals surface area (Å²) in [6, 6.07) is 13.6. The number of para-hydroxylation sites is 1. The molecule has 8 heteroatoms. The zero-order valence-electron chi connectivity index (χ0n) is 15.8. The quantitative estimate of drug-likeness (QED) is 0.491. The maximum Gasteiger partial charge on any atom is 0.261 e. The van der Waals surface area contributed by atoms with E-state index in [2.05, 4.69) is 46.5 Å². The number of anilines is 2. The fraction of sp³-hybridized carbons (Fsp3) is 0.200. The average Bonchev–Trinajstić information content (AvgIpc) is 3.14. The van der Waals surface area contributed by atoms with Crippen molar-refractivity contribution in [1.29, 1.82) is 0 Å². The smallest absolute Gasteiger partial charge is 0.261 e. The lowest BCUT2D eigenvalue weighted by molar-refractivity contribution is 0.785. The Kier molecular flexibility index (Phi) is 5.15. The fourth-order valence-electron chi connectivity index (χ4n) is 2.78. The number of aryl methyl sites for hydroxylation is 2. The first-order valence-electron chi connectivity index (χ1n) is 8.76. The molecule has 142 valence electrons. The molecule has 4 aromatic rings. The summed E-state index contributed by atoms with van der Waals surface area (Å²) in [5.41, 5.74) is 4.17. The van der Waals surface area contributed by atoms with Gasteiger partial charge in [0.05, 0.1) is 16.7 Å². The lowest BCUT2D eigenvalue weighted by Crippen LogP contribution is -2.21. The molecule has 2 aromatic carbocycles. The molecule has 0 amide bonds. The molecule has 0 saturated heterocycles. The van der Waals surface area contributed by atoms with E-state index in [1.54, 1.807) is 17.7 Å². The number of benzene rings is 2. The van der Waals surface area contributed by atoms with Crippen LogP contribution < -0.4 is 10.9 Å². The van der Waals surface area contributed by atoms with E-state index in [0.717, 1.165) is 20.7 Å².